The van der Waals surface area contributed by atoms with Crippen molar-refractivity contribution in [3.63, 3.8) is 0 Å². The molecule has 0 aliphatic carbocycles. The molecule has 0 saturated carbocycles. The van der Waals surface area contributed by atoms with E-state index in [0.29, 0.717) is 0 Å². The average Bonchev–Trinajstić information content (AvgIpc) is 2.84. The molecule has 0 radical (unpaired) electrons. The van der Waals surface area contributed by atoms with Crippen molar-refractivity contribution >= 4 is 22.7 Å². The third kappa shape index (κ3) is 3.07. The molecular formula is C13H14N2O2S. The summed E-state index contributed by atoms with van der Waals surface area (Å²) in [6, 6.07) is 9.03. The topological polar surface area (TPSA) is 55.2 Å². The van der Waals surface area contributed by atoms with E-state index >= 15 is 0 Å². The van der Waals surface area contributed by atoms with Crippen LogP contribution in [0.2, 0.25) is 0 Å². The summed E-state index contributed by atoms with van der Waals surface area (Å²) in [6.45, 7) is 2.71. The average molecular weight is 262 g/mol. The number of nitro groups is 1. The first-order chi connectivity index (χ1) is 8.66. The van der Waals surface area contributed by atoms with Crippen molar-refractivity contribution < 1.29 is 4.92 Å². The number of nitrogens with one attached hydrogen (secondary N) is 1. The van der Waals surface area contributed by atoms with Gasteiger partial charge in [-0.25, -0.2) is 0 Å². The minimum atomic E-state index is -0.373. The van der Waals surface area contributed by atoms with Crippen molar-refractivity contribution in [3.05, 3.63) is 56.3 Å². The highest BCUT2D eigenvalue weighted by Gasteiger charge is 2.07. The number of thiophene rings is 1. The van der Waals surface area contributed by atoms with E-state index in [0.717, 1.165) is 24.2 Å². The zero-order chi connectivity index (χ0) is 13.0. The van der Waals surface area contributed by atoms with E-state index in [1.807, 2.05) is 13.0 Å². The molecule has 0 fully saturated rings. The molecule has 0 saturated heterocycles. The zero-order valence-corrected chi connectivity index (χ0v) is 10.9. The highest BCUT2D eigenvalue weighted by molar-refractivity contribution is 7.09. The first-order valence-electron chi connectivity index (χ1n) is 5.68. The second kappa shape index (κ2) is 5.64. The zero-order valence-electron chi connectivity index (χ0n) is 10.1. The molecule has 0 amide bonds. The first kappa shape index (κ1) is 12.6. The minimum Gasteiger partial charge on any atom is -0.384 e. The Hall–Kier alpha value is -1.88. The summed E-state index contributed by atoms with van der Waals surface area (Å²) in [6.07, 6.45) is 0.966. The Labute approximate surface area is 109 Å². The van der Waals surface area contributed by atoms with Gasteiger partial charge in [-0.2, -0.15) is 0 Å². The summed E-state index contributed by atoms with van der Waals surface area (Å²) in [5.41, 5.74) is 1.99. The van der Waals surface area contributed by atoms with Gasteiger partial charge in [-0.1, -0.05) is 6.07 Å². The molecule has 0 aliphatic heterocycles. The van der Waals surface area contributed by atoms with Gasteiger partial charge in [0.1, 0.15) is 0 Å². The smallest absolute Gasteiger partial charge is 0.269 e. The van der Waals surface area contributed by atoms with Gasteiger partial charge >= 0.3 is 0 Å². The molecule has 0 unspecified atom stereocenters. The quantitative estimate of drug-likeness (QED) is 0.661. The summed E-state index contributed by atoms with van der Waals surface area (Å²) >= 11 is 1.74. The summed E-state index contributed by atoms with van der Waals surface area (Å²) in [7, 11) is 0. The lowest BCUT2D eigenvalue weighted by Crippen LogP contribution is -2.05. The fourth-order valence-electron chi connectivity index (χ4n) is 1.73. The highest BCUT2D eigenvalue weighted by Crippen LogP contribution is 2.21. The maximum atomic E-state index is 10.6. The normalized spacial score (nSPS) is 10.3. The summed E-state index contributed by atoms with van der Waals surface area (Å²) in [4.78, 5) is 11.6. The van der Waals surface area contributed by atoms with Crippen LogP contribution in [0.3, 0.4) is 0 Å². The van der Waals surface area contributed by atoms with E-state index in [9.17, 15) is 10.1 Å². The van der Waals surface area contributed by atoms with Crippen LogP contribution in [-0.4, -0.2) is 11.5 Å². The van der Waals surface area contributed by atoms with Gasteiger partial charge in [0, 0.05) is 29.2 Å². The molecule has 18 heavy (non-hydrogen) atoms. The van der Waals surface area contributed by atoms with Gasteiger partial charge in [0.05, 0.1) is 4.92 Å². The number of nitrogens with zero attached hydrogens (tertiary/aromatic N) is 1. The number of anilines is 1. The van der Waals surface area contributed by atoms with Crippen LogP contribution in [0.25, 0.3) is 0 Å². The van der Waals surface area contributed by atoms with Crippen LogP contribution in [0.5, 0.6) is 0 Å². The molecule has 0 atom stereocenters. The van der Waals surface area contributed by atoms with Crippen molar-refractivity contribution in [1.82, 2.24) is 0 Å². The number of nitro benzene ring substituents is 1. The maximum absolute atomic E-state index is 10.6. The molecule has 1 N–H and O–H groups in total. The Morgan fingerprint density at radius 3 is 2.83 bits per heavy atom. The number of benzene rings is 1. The first-order valence-corrected chi connectivity index (χ1v) is 6.56. The molecule has 1 aromatic carbocycles. The van der Waals surface area contributed by atoms with Crippen LogP contribution in [0.4, 0.5) is 11.4 Å². The third-order valence-corrected chi connectivity index (χ3v) is 3.62. The summed E-state index contributed by atoms with van der Waals surface area (Å²) in [5.74, 6) is 0. The Morgan fingerprint density at radius 1 is 1.39 bits per heavy atom. The standard InChI is InChI=1S/C13H14N2O2S/c1-10-9-11(15(16)17)4-5-13(10)14-7-6-12-3-2-8-18-12/h2-5,8-9,14H,6-7H2,1H3. The number of hydrogen-bond acceptors (Lipinski definition) is 4. The van der Waals surface area contributed by atoms with Gasteiger partial charge in [-0.3, -0.25) is 10.1 Å². The summed E-state index contributed by atoms with van der Waals surface area (Å²) in [5, 5.41) is 16.0. The van der Waals surface area contributed by atoms with E-state index in [1.54, 1.807) is 23.5 Å². The molecule has 0 spiro atoms. The number of non-ortho nitro benzene ring substituents is 1. The van der Waals surface area contributed by atoms with Gasteiger partial charge in [-0.05, 0) is 36.4 Å². The van der Waals surface area contributed by atoms with E-state index in [1.165, 1.54) is 10.9 Å². The molecule has 94 valence electrons. The molecule has 1 heterocycles. The van der Waals surface area contributed by atoms with Crippen LogP contribution in [0.15, 0.2) is 35.7 Å². The van der Waals surface area contributed by atoms with Crippen LogP contribution in [-0.2, 0) is 6.42 Å². The lowest BCUT2D eigenvalue weighted by Gasteiger charge is -2.08. The molecule has 2 aromatic rings. The van der Waals surface area contributed by atoms with E-state index in [-0.39, 0.29) is 10.6 Å². The lowest BCUT2D eigenvalue weighted by atomic mass is 10.1. The van der Waals surface area contributed by atoms with Crippen molar-refractivity contribution in [2.45, 2.75) is 13.3 Å². The predicted molar refractivity (Wildman–Crippen MR) is 74.3 cm³/mol. The molecule has 2 rings (SSSR count). The molecular weight excluding hydrogens is 248 g/mol. The fraction of sp³-hybridized carbons (Fsp3) is 0.231. The van der Waals surface area contributed by atoms with Gasteiger partial charge in [0.15, 0.2) is 0 Å². The number of hydrogen-bond donors (Lipinski definition) is 1. The Balaban J connectivity index is 1.95. The van der Waals surface area contributed by atoms with Gasteiger partial charge in [-0.15, -0.1) is 11.3 Å². The van der Waals surface area contributed by atoms with Crippen molar-refractivity contribution in [2.24, 2.45) is 0 Å². The van der Waals surface area contributed by atoms with Crippen LogP contribution < -0.4 is 5.32 Å². The number of aryl methyl sites for hydroxylation is 1. The van der Waals surface area contributed by atoms with E-state index < -0.39 is 0 Å². The highest BCUT2D eigenvalue weighted by atomic mass is 32.1. The van der Waals surface area contributed by atoms with Crippen LogP contribution in [0, 0.1) is 17.0 Å². The van der Waals surface area contributed by atoms with Crippen molar-refractivity contribution in [1.29, 1.82) is 0 Å². The fourth-order valence-corrected chi connectivity index (χ4v) is 2.44. The largest absolute Gasteiger partial charge is 0.384 e. The predicted octanol–water partition coefficient (Wildman–Crippen LogP) is 3.62. The molecule has 1 aromatic heterocycles. The van der Waals surface area contributed by atoms with E-state index in [2.05, 4.69) is 16.8 Å². The Kier molecular flexibility index (Phi) is 3.94. The lowest BCUT2D eigenvalue weighted by molar-refractivity contribution is -0.384. The summed E-state index contributed by atoms with van der Waals surface area (Å²) < 4.78 is 0. The monoisotopic (exact) mass is 262 g/mol. The maximum Gasteiger partial charge on any atom is 0.269 e. The van der Waals surface area contributed by atoms with Gasteiger partial charge in [0.2, 0.25) is 0 Å². The molecule has 5 heteroatoms. The van der Waals surface area contributed by atoms with Crippen molar-refractivity contribution in [2.75, 3.05) is 11.9 Å². The molecule has 0 bridgehead atoms. The van der Waals surface area contributed by atoms with Gasteiger partial charge in [0.25, 0.3) is 5.69 Å². The molecule has 0 aliphatic rings. The SMILES string of the molecule is Cc1cc([N+](=O)[O-])ccc1NCCc1cccs1. The van der Waals surface area contributed by atoms with E-state index in [4.69, 9.17) is 0 Å². The number of rotatable bonds is 5. The van der Waals surface area contributed by atoms with Crippen LogP contribution >= 0.6 is 11.3 Å². The third-order valence-electron chi connectivity index (χ3n) is 2.69. The van der Waals surface area contributed by atoms with Crippen LogP contribution in [0.1, 0.15) is 10.4 Å². The second-order valence-corrected chi connectivity index (χ2v) is 5.04. The second-order valence-electron chi connectivity index (χ2n) is 4.01. The Bertz CT molecular complexity index is 538. The van der Waals surface area contributed by atoms with Gasteiger partial charge < -0.3 is 5.32 Å². The Morgan fingerprint density at radius 2 is 2.22 bits per heavy atom. The molecule has 4 nitrogen and oxygen atoms in total. The van der Waals surface area contributed by atoms with Crippen molar-refractivity contribution in [3.8, 4) is 0 Å². The minimum absolute atomic E-state index is 0.135.